The van der Waals surface area contributed by atoms with Gasteiger partial charge in [0.1, 0.15) is 15.6 Å². The van der Waals surface area contributed by atoms with Crippen LogP contribution in [-0.4, -0.2) is 52.7 Å². The Morgan fingerprint density at radius 2 is 1.05 bits per heavy atom. The number of esters is 1. The van der Waals surface area contributed by atoms with Crippen molar-refractivity contribution in [3.63, 3.8) is 0 Å². The van der Waals surface area contributed by atoms with Crippen LogP contribution in [0, 0.1) is 0 Å². The van der Waals surface area contributed by atoms with Gasteiger partial charge in [0.2, 0.25) is 5.91 Å². The molecule has 7 nitrogen and oxygen atoms in total. The summed E-state index contributed by atoms with van der Waals surface area (Å²) in [6.45, 7) is 5.89. The molecule has 116 valence electrons. The van der Waals surface area contributed by atoms with Crippen LogP contribution in [0.5, 0.6) is 0 Å². The lowest BCUT2D eigenvalue weighted by Crippen LogP contribution is -2.11. The quantitative estimate of drug-likeness (QED) is 0.640. The second-order valence-corrected chi connectivity index (χ2v) is 5.84. The number of hydrogen-bond donors (Lipinski definition) is 1. The maximum atomic E-state index is 9.70. The van der Waals surface area contributed by atoms with E-state index in [1.54, 1.807) is 7.05 Å². The van der Waals surface area contributed by atoms with E-state index in [2.05, 4.69) is 10.1 Å². The highest BCUT2D eigenvalue weighted by molar-refractivity contribution is 7.89. The number of carbonyl (C=O) groups excluding carboxylic acids is 3. The van der Waals surface area contributed by atoms with Crippen LogP contribution in [0.2, 0.25) is 0 Å². The Balaban J connectivity index is -0.0000000793. The van der Waals surface area contributed by atoms with Crippen molar-refractivity contribution in [2.45, 2.75) is 27.7 Å². The Bertz CT molecular complexity index is 322. The SMILES string of the molecule is CC(C)=O.CNC(C)=O.COC(C)=O.CS(C)(=O)=O. The van der Waals surface area contributed by atoms with E-state index >= 15 is 0 Å². The number of Topliss-reactive ketones (excluding diaryl/α,β-unsaturated/α-hetero) is 1. The van der Waals surface area contributed by atoms with Gasteiger partial charge in [0.15, 0.2) is 0 Å². The first-order chi connectivity index (χ1) is 8.27. The largest absolute Gasteiger partial charge is 0.469 e. The Morgan fingerprint density at radius 1 is 0.947 bits per heavy atom. The van der Waals surface area contributed by atoms with Crippen molar-refractivity contribution in [3.8, 4) is 0 Å². The monoisotopic (exact) mass is 299 g/mol. The molecule has 0 spiro atoms. The smallest absolute Gasteiger partial charge is 0.302 e. The number of methoxy groups -OCH3 is 1. The summed E-state index contributed by atoms with van der Waals surface area (Å²) in [7, 11) is 0.282. The highest BCUT2D eigenvalue weighted by atomic mass is 32.2. The average molecular weight is 299 g/mol. The van der Waals surface area contributed by atoms with E-state index in [0.717, 1.165) is 12.5 Å². The summed E-state index contributed by atoms with van der Waals surface area (Å²) >= 11 is 0. The summed E-state index contributed by atoms with van der Waals surface area (Å²) in [4.78, 5) is 28.7. The Hall–Kier alpha value is -1.44. The van der Waals surface area contributed by atoms with Crippen LogP contribution in [0.4, 0.5) is 0 Å². The van der Waals surface area contributed by atoms with Gasteiger partial charge in [0, 0.05) is 33.4 Å². The first-order valence-corrected chi connectivity index (χ1v) is 7.42. The third-order valence-electron chi connectivity index (χ3n) is 0.640. The fourth-order valence-electron chi connectivity index (χ4n) is 0. The number of rotatable bonds is 0. The van der Waals surface area contributed by atoms with Gasteiger partial charge in [-0.2, -0.15) is 0 Å². The molecule has 0 heterocycles. The van der Waals surface area contributed by atoms with Crippen LogP contribution in [0.25, 0.3) is 0 Å². The maximum Gasteiger partial charge on any atom is 0.302 e. The Morgan fingerprint density at radius 3 is 1.05 bits per heavy atom. The van der Waals surface area contributed by atoms with Gasteiger partial charge >= 0.3 is 5.97 Å². The van der Waals surface area contributed by atoms with Crippen LogP contribution in [0.15, 0.2) is 0 Å². The predicted molar refractivity (Wildman–Crippen MR) is 74.6 cm³/mol. The zero-order chi connectivity index (χ0) is 16.6. The zero-order valence-electron chi connectivity index (χ0n) is 12.9. The molecule has 0 aliphatic heterocycles. The minimum absolute atomic E-state index is 0.00463. The van der Waals surface area contributed by atoms with Crippen LogP contribution in [-0.2, 0) is 29.0 Å². The van der Waals surface area contributed by atoms with Crippen molar-refractivity contribution in [2.24, 2.45) is 0 Å². The third kappa shape index (κ3) is 536. The van der Waals surface area contributed by atoms with Crippen LogP contribution in [0.1, 0.15) is 27.7 Å². The van der Waals surface area contributed by atoms with Crippen molar-refractivity contribution in [1.82, 2.24) is 5.32 Å². The van der Waals surface area contributed by atoms with E-state index in [0.29, 0.717) is 0 Å². The van der Waals surface area contributed by atoms with Gasteiger partial charge in [0.05, 0.1) is 7.11 Å². The average Bonchev–Trinajstić information content (AvgIpc) is 2.15. The molecule has 0 aromatic heterocycles. The molecular formula is C11H25NO6S. The summed E-state index contributed by atoms with van der Waals surface area (Å²) in [5, 5.41) is 2.39. The first kappa shape index (κ1) is 26.2. The number of nitrogens with one attached hydrogen (secondary N) is 1. The highest BCUT2D eigenvalue weighted by Crippen LogP contribution is 1.62. The Labute approximate surface area is 115 Å². The van der Waals surface area contributed by atoms with E-state index in [4.69, 9.17) is 0 Å². The summed E-state index contributed by atoms with van der Waals surface area (Å²) in [5.41, 5.74) is 0. The molecule has 0 bridgehead atoms. The normalized spacial score (nSPS) is 8.00. The molecule has 1 amide bonds. The molecule has 0 aromatic rings. The highest BCUT2D eigenvalue weighted by Gasteiger charge is 1.79. The number of hydrogen-bond acceptors (Lipinski definition) is 6. The molecule has 0 fully saturated rings. The first-order valence-electron chi connectivity index (χ1n) is 5.12. The molecule has 0 saturated heterocycles. The molecule has 0 rings (SSSR count). The van der Waals surface area contributed by atoms with E-state index in [1.807, 2.05) is 0 Å². The van der Waals surface area contributed by atoms with E-state index in [9.17, 15) is 22.8 Å². The fraction of sp³-hybridized carbons (Fsp3) is 0.727. The number of ketones is 1. The molecule has 0 aromatic carbocycles. The van der Waals surface area contributed by atoms with Gasteiger partial charge in [-0.05, 0) is 13.8 Å². The van der Waals surface area contributed by atoms with Crippen LogP contribution in [0.3, 0.4) is 0 Å². The summed E-state index contributed by atoms with van der Waals surface area (Å²) < 4.78 is 23.4. The summed E-state index contributed by atoms with van der Waals surface area (Å²) in [6, 6.07) is 0. The minimum Gasteiger partial charge on any atom is -0.469 e. The molecule has 19 heavy (non-hydrogen) atoms. The maximum absolute atomic E-state index is 9.70. The van der Waals surface area contributed by atoms with Crippen molar-refractivity contribution in [3.05, 3.63) is 0 Å². The lowest BCUT2D eigenvalue weighted by Gasteiger charge is -1.80. The van der Waals surface area contributed by atoms with Crippen LogP contribution < -0.4 is 5.32 Å². The molecule has 0 radical (unpaired) electrons. The van der Waals surface area contributed by atoms with E-state index in [1.165, 1.54) is 34.8 Å². The van der Waals surface area contributed by atoms with Crippen molar-refractivity contribution in [1.29, 1.82) is 0 Å². The standard InChI is InChI=1S/C3H7NO.C3H6O2.C3H6O.C2H6O2S/c1-3(5)4-2;1-3(4)5-2;1-3(2)4;1-5(2,3)4/h1-2H3,(H,4,5);1-2H3;1-2H3;1-2H3. The van der Waals surface area contributed by atoms with Crippen molar-refractivity contribution < 1.29 is 27.5 Å². The van der Waals surface area contributed by atoms with Gasteiger partial charge in [-0.1, -0.05) is 0 Å². The number of carbonyl (C=O) groups is 3. The van der Waals surface area contributed by atoms with Gasteiger partial charge in [-0.25, -0.2) is 8.42 Å². The molecule has 0 aliphatic carbocycles. The van der Waals surface area contributed by atoms with Gasteiger partial charge in [-0.15, -0.1) is 0 Å². The topological polar surface area (TPSA) is 107 Å². The molecule has 8 heteroatoms. The number of amides is 1. The molecule has 0 atom stereocenters. The Kier molecular flexibility index (Phi) is 22.8. The molecular weight excluding hydrogens is 274 g/mol. The second kappa shape index (κ2) is 16.6. The molecule has 0 saturated carbocycles. The zero-order valence-corrected chi connectivity index (χ0v) is 13.7. The van der Waals surface area contributed by atoms with Gasteiger partial charge in [-0.3, -0.25) is 9.59 Å². The van der Waals surface area contributed by atoms with E-state index in [-0.39, 0.29) is 17.7 Å². The van der Waals surface area contributed by atoms with Crippen molar-refractivity contribution in [2.75, 3.05) is 26.7 Å². The molecule has 0 unspecified atom stereocenters. The van der Waals surface area contributed by atoms with E-state index < -0.39 is 9.84 Å². The summed E-state index contributed by atoms with van der Waals surface area (Å²) in [6.07, 6.45) is 2.32. The minimum atomic E-state index is -2.67. The molecule has 0 aliphatic rings. The van der Waals surface area contributed by atoms with Crippen molar-refractivity contribution >= 4 is 27.5 Å². The molecule has 1 N–H and O–H groups in total. The second-order valence-electron chi connectivity index (χ2n) is 3.55. The fourth-order valence-corrected chi connectivity index (χ4v) is 0. The lowest BCUT2D eigenvalue weighted by molar-refractivity contribution is -0.138. The third-order valence-corrected chi connectivity index (χ3v) is 0.640. The van der Waals surface area contributed by atoms with Gasteiger partial charge in [0.25, 0.3) is 0 Å². The lowest BCUT2D eigenvalue weighted by atomic mass is 10.6. The number of sulfone groups is 1. The predicted octanol–water partition coefficient (Wildman–Crippen LogP) is 0.188. The summed E-state index contributed by atoms with van der Waals surface area (Å²) in [5.74, 6) is -0.0741. The number of ether oxygens (including phenoxy) is 1. The van der Waals surface area contributed by atoms with Gasteiger partial charge < -0.3 is 14.8 Å². The van der Waals surface area contributed by atoms with Crippen LogP contribution >= 0.6 is 0 Å².